The second-order valence-electron chi connectivity index (χ2n) is 16.0. The van der Waals surface area contributed by atoms with Gasteiger partial charge in [0.05, 0.1) is 5.41 Å². The molecule has 0 unspecified atom stereocenters. The predicted octanol–water partition coefficient (Wildman–Crippen LogP) is 13.3. The van der Waals surface area contributed by atoms with Crippen LogP contribution in [-0.2, 0) is 10.8 Å². The van der Waals surface area contributed by atoms with Crippen molar-refractivity contribution in [2.75, 3.05) is 4.90 Å². The van der Waals surface area contributed by atoms with E-state index >= 15 is 0 Å². The Hall–Kier alpha value is -5.66. The van der Waals surface area contributed by atoms with Gasteiger partial charge in [0.25, 0.3) is 0 Å². The molecule has 0 atom stereocenters. The number of aryl methyl sites for hydroxylation is 2. The molecule has 52 heavy (non-hydrogen) atoms. The highest BCUT2D eigenvalue weighted by Crippen LogP contribution is 2.64. The second-order valence-corrected chi connectivity index (χ2v) is 16.0. The van der Waals surface area contributed by atoms with E-state index in [9.17, 15) is 0 Å². The maximum absolute atomic E-state index is 8.86. The van der Waals surface area contributed by atoms with Gasteiger partial charge in [-0.3, -0.25) is 0 Å². The van der Waals surface area contributed by atoms with Crippen molar-refractivity contribution in [3.05, 3.63) is 196 Å². The molecule has 0 amide bonds. The number of benzene rings is 7. The third-order valence-corrected chi connectivity index (χ3v) is 12.6. The van der Waals surface area contributed by atoms with Gasteiger partial charge in [-0.2, -0.15) is 0 Å². The van der Waals surface area contributed by atoms with Gasteiger partial charge in [0.15, 0.2) is 0 Å². The molecule has 1 saturated carbocycles. The maximum atomic E-state index is 8.86. The van der Waals surface area contributed by atoms with Crippen molar-refractivity contribution in [1.82, 2.24) is 0 Å². The standard InChI is InChI=1S/C51H41N/c1-31-13-23-41-42-24-14-32(2)28-48(42)51(47(41)27-31)45-12-8-6-10-39(45)43-26-22-37(30-49(43)51)52(35-19-17-34(18-20-35)33-15-16-33)36-21-25-40-38-9-5-7-11-44(38)50(3,4)46(40)29-36/h5-14,17-30,33H,15-16H2,1-4H3/i33D. The fraction of sp³-hybridized carbons (Fsp3) is 0.176. The Kier molecular flexibility index (Phi) is 5.82. The van der Waals surface area contributed by atoms with Gasteiger partial charge in [-0.1, -0.05) is 134 Å². The van der Waals surface area contributed by atoms with E-state index in [1.54, 1.807) is 0 Å². The topological polar surface area (TPSA) is 3.24 Å². The first-order valence-electron chi connectivity index (χ1n) is 19.3. The highest BCUT2D eigenvalue weighted by Gasteiger charge is 2.52. The lowest BCUT2D eigenvalue weighted by molar-refractivity contribution is 0.660. The second kappa shape index (κ2) is 10.5. The summed E-state index contributed by atoms with van der Waals surface area (Å²) in [7, 11) is 0. The summed E-state index contributed by atoms with van der Waals surface area (Å²) >= 11 is 0. The molecule has 1 heteroatoms. The van der Waals surface area contributed by atoms with Gasteiger partial charge in [-0.25, -0.2) is 0 Å². The van der Waals surface area contributed by atoms with E-state index in [1.165, 1.54) is 77.9 Å². The quantitative estimate of drug-likeness (QED) is 0.180. The average molecular weight is 669 g/mol. The van der Waals surface area contributed by atoms with Crippen LogP contribution in [0.3, 0.4) is 0 Å². The Labute approximate surface area is 308 Å². The molecule has 11 rings (SSSR count). The monoisotopic (exact) mass is 668 g/mol. The Morgan fingerprint density at radius 3 is 1.50 bits per heavy atom. The molecule has 4 aliphatic carbocycles. The molecule has 0 saturated heterocycles. The molecule has 250 valence electrons. The van der Waals surface area contributed by atoms with Crippen LogP contribution in [-0.4, -0.2) is 0 Å². The van der Waals surface area contributed by atoms with E-state index < -0.39 is 11.3 Å². The lowest BCUT2D eigenvalue weighted by Crippen LogP contribution is -2.26. The zero-order chi connectivity index (χ0) is 35.9. The van der Waals surface area contributed by atoms with Crippen molar-refractivity contribution in [2.24, 2.45) is 0 Å². The minimum Gasteiger partial charge on any atom is -0.310 e. The zero-order valence-electron chi connectivity index (χ0n) is 31.2. The van der Waals surface area contributed by atoms with Crippen LogP contribution in [0.25, 0.3) is 33.4 Å². The third kappa shape index (κ3) is 3.94. The van der Waals surface area contributed by atoms with Crippen molar-refractivity contribution < 1.29 is 1.37 Å². The van der Waals surface area contributed by atoms with Crippen molar-refractivity contribution in [1.29, 1.82) is 0 Å². The molecule has 0 aliphatic heterocycles. The summed E-state index contributed by atoms with van der Waals surface area (Å²) in [5.41, 5.74) is 22.6. The van der Waals surface area contributed by atoms with E-state index in [-0.39, 0.29) is 5.41 Å². The van der Waals surface area contributed by atoms with Crippen LogP contribution < -0.4 is 4.90 Å². The van der Waals surface area contributed by atoms with Crippen LogP contribution in [0.4, 0.5) is 17.1 Å². The van der Waals surface area contributed by atoms with Crippen LogP contribution in [0.1, 0.15) is 84.0 Å². The van der Waals surface area contributed by atoms with Crippen molar-refractivity contribution in [3.8, 4) is 33.4 Å². The fourth-order valence-electron chi connectivity index (χ4n) is 10.0. The van der Waals surface area contributed by atoms with Crippen LogP contribution >= 0.6 is 0 Å². The summed E-state index contributed by atoms with van der Waals surface area (Å²) in [6, 6.07) is 55.2. The molecule has 0 heterocycles. The third-order valence-electron chi connectivity index (χ3n) is 12.6. The highest BCUT2D eigenvalue weighted by molar-refractivity contribution is 5.97. The Balaban J connectivity index is 1.17. The summed E-state index contributed by atoms with van der Waals surface area (Å²) in [6.07, 6.45) is 1.87. The molecular weight excluding hydrogens is 627 g/mol. The number of hydrogen-bond acceptors (Lipinski definition) is 1. The van der Waals surface area contributed by atoms with Gasteiger partial charge in [-0.05, 0) is 141 Å². The number of rotatable bonds is 4. The Morgan fingerprint density at radius 1 is 0.462 bits per heavy atom. The largest absolute Gasteiger partial charge is 0.310 e. The van der Waals surface area contributed by atoms with Gasteiger partial charge in [0.1, 0.15) is 0 Å². The zero-order valence-corrected chi connectivity index (χ0v) is 30.2. The van der Waals surface area contributed by atoms with Crippen LogP contribution in [0.15, 0.2) is 146 Å². The van der Waals surface area contributed by atoms with Gasteiger partial charge in [-0.15, -0.1) is 0 Å². The Bertz CT molecular complexity index is 2640. The molecule has 0 N–H and O–H groups in total. The van der Waals surface area contributed by atoms with Gasteiger partial charge >= 0.3 is 0 Å². The highest BCUT2D eigenvalue weighted by atomic mass is 15.1. The summed E-state index contributed by atoms with van der Waals surface area (Å²) in [6.45, 7) is 9.17. The summed E-state index contributed by atoms with van der Waals surface area (Å²) < 4.78 is 8.86. The summed E-state index contributed by atoms with van der Waals surface area (Å²) in [4.78, 5) is 2.45. The van der Waals surface area contributed by atoms with Crippen molar-refractivity contribution in [2.45, 2.75) is 57.3 Å². The van der Waals surface area contributed by atoms with Crippen LogP contribution in [0.2, 0.25) is 0 Å². The molecular formula is C51H41N. The first kappa shape index (κ1) is 29.0. The molecule has 4 aliphatic rings. The normalized spacial score (nSPS) is 17.0. The summed E-state index contributed by atoms with van der Waals surface area (Å²) in [5, 5.41) is 0. The Morgan fingerprint density at radius 2 is 0.904 bits per heavy atom. The van der Waals surface area contributed by atoms with E-state index in [4.69, 9.17) is 1.37 Å². The molecule has 1 nitrogen and oxygen atoms in total. The van der Waals surface area contributed by atoms with Crippen molar-refractivity contribution >= 4 is 17.1 Å². The molecule has 0 radical (unpaired) electrons. The molecule has 0 aromatic heterocycles. The smallest absolute Gasteiger partial charge is 0.0726 e. The van der Waals surface area contributed by atoms with E-state index in [0.29, 0.717) is 0 Å². The van der Waals surface area contributed by atoms with Crippen molar-refractivity contribution in [3.63, 3.8) is 0 Å². The van der Waals surface area contributed by atoms with Crippen LogP contribution in [0.5, 0.6) is 0 Å². The van der Waals surface area contributed by atoms with Gasteiger partial charge < -0.3 is 4.90 Å². The summed E-state index contributed by atoms with van der Waals surface area (Å²) in [5.74, 6) is -0.433. The molecule has 7 aromatic carbocycles. The number of anilines is 3. The van der Waals surface area contributed by atoms with E-state index in [2.05, 4.69) is 178 Å². The minimum absolute atomic E-state index is 0.113. The van der Waals surface area contributed by atoms with Gasteiger partial charge in [0, 0.05) is 23.8 Å². The molecule has 0 bridgehead atoms. The average Bonchev–Trinajstić information content (AvgIpc) is 3.71. The molecule has 7 aromatic rings. The SMILES string of the molecule is [2H]C1(c2ccc(N(c3ccc4c(c3)C(C)(C)c3ccccc3-4)c3ccc4c(c3)C3(c5ccccc5-4)c4cc(C)ccc4-c4ccc(C)cc43)cc2)CC1. The number of nitrogens with zero attached hydrogens (tertiary/aromatic N) is 1. The van der Waals surface area contributed by atoms with E-state index in [0.717, 1.165) is 35.5 Å². The molecule has 1 spiro atoms. The number of hydrogen-bond donors (Lipinski definition) is 0. The minimum atomic E-state index is -0.433. The van der Waals surface area contributed by atoms with Gasteiger partial charge in [0.2, 0.25) is 0 Å². The molecule has 1 fully saturated rings. The first-order valence-corrected chi connectivity index (χ1v) is 18.8. The predicted molar refractivity (Wildman–Crippen MR) is 216 cm³/mol. The maximum Gasteiger partial charge on any atom is 0.0726 e. The van der Waals surface area contributed by atoms with E-state index in [1.807, 2.05) is 0 Å². The van der Waals surface area contributed by atoms with Crippen LogP contribution in [0, 0.1) is 13.8 Å². The lowest BCUT2D eigenvalue weighted by atomic mass is 9.70. The fourth-order valence-corrected chi connectivity index (χ4v) is 10.0. The lowest BCUT2D eigenvalue weighted by Gasteiger charge is -2.33. The number of fused-ring (bicyclic) bond motifs is 13. The first-order chi connectivity index (χ1) is 25.7.